The normalized spacial score (nSPS) is 20.4. The molecule has 0 bridgehead atoms. The van der Waals surface area contributed by atoms with Gasteiger partial charge in [0.1, 0.15) is 12.4 Å². The molecule has 3 unspecified atom stereocenters. The number of carboxylic acid groups (broad SMARTS) is 1. The number of benzene rings is 1. The van der Waals surface area contributed by atoms with Gasteiger partial charge in [0.2, 0.25) is 0 Å². The second-order valence-corrected chi connectivity index (χ2v) is 6.55. The third-order valence-corrected chi connectivity index (χ3v) is 4.77. The first-order chi connectivity index (χ1) is 14.0. The quantitative estimate of drug-likeness (QED) is 0.280. The van der Waals surface area contributed by atoms with Gasteiger partial charge in [-0.3, -0.25) is 9.59 Å². The van der Waals surface area contributed by atoms with Crippen LogP contribution in [0.2, 0.25) is 0 Å². The van der Waals surface area contributed by atoms with Crippen molar-refractivity contribution in [3.8, 4) is 0 Å². The van der Waals surface area contributed by atoms with Crippen molar-refractivity contribution in [2.75, 3.05) is 13.3 Å². The Balaban J connectivity index is 0.000000294. The van der Waals surface area contributed by atoms with Crippen molar-refractivity contribution in [3.63, 3.8) is 0 Å². The van der Waals surface area contributed by atoms with Crippen molar-refractivity contribution in [1.82, 2.24) is 4.90 Å². The third-order valence-electron chi connectivity index (χ3n) is 4.77. The van der Waals surface area contributed by atoms with E-state index in [0.29, 0.717) is 25.0 Å². The van der Waals surface area contributed by atoms with Crippen LogP contribution in [0.25, 0.3) is 0 Å². The minimum absolute atomic E-state index is 0.0275. The average molecular weight is 409 g/mol. The van der Waals surface area contributed by atoms with Crippen LogP contribution in [0.15, 0.2) is 49.4 Å². The van der Waals surface area contributed by atoms with E-state index in [1.807, 2.05) is 4.90 Å². The molecule has 0 spiro atoms. The molecular formula is C21H28FNO6. The number of halogens is 1. The summed E-state index contributed by atoms with van der Waals surface area (Å²) in [5.41, 5.74) is 0.733. The highest BCUT2D eigenvalue weighted by atomic mass is 19.1. The highest BCUT2D eigenvalue weighted by molar-refractivity contribution is 5.36. The molecule has 0 amide bonds. The van der Waals surface area contributed by atoms with Gasteiger partial charge >= 0.3 is 0 Å². The van der Waals surface area contributed by atoms with Gasteiger partial charge in [-0.15, -0.1) is 0 Å². The fraction of sp³-hybridized carbons (Fsp3) is 0.429. The van der Waals surface area contributed by atoms with E-state index in [1.165, 1.54) is 25.0 Å². The Labute approximate surface area is 170 Å². The number of aliphatic hydroxyl groups is 1. The molecule has 8 heteroatoms. The summed E-state index contributed by atoms with van der Waals surface area (Å²) < 4.78 is 22.4. The summed E-state index contributed by atoms with van der Waals surface area (Å²) in [5, 5.41) is 15.4. The molecule has 0 aromatic heterocycles. The molecule has 2 N–H and O–H groups in total. The van der Waals surface area contributed by atoms with Crippen LogP contribution in [0.1, 0.15) is 24.8 Å². The van der Waals surface area contributed by atoms with E-state index < -0.39 is 0 Å². The van der Waals surface area contributed by atoms with Gasteiger partial charge in [0, 0.05) is 6.04 Å². The molecule has 29 heavy (non-hydrogen) atoms. The first-order valence-electron chi connectivity index (χ1n) is 9.19. The lowest BCUT2D eigenvalue weighted by atomic mass is 10.1. The molecule has 160 valence electrons. The van der Waals surface area contributed by atoms with Gasteiger partial charge in [0.25, 0.3) is 12.9 Å². The monoisotopic (exact) mass is 409 g/mol. The van der Waals surface area contributed by atoms with Crippen LogP contribution >= 0.6 is 0 Å². The van der Waals surface area contributed by atoms with Crippen LogP contribution in [0.5, 0.6) is 0 Å². The molecule has 0 aliphatic heterocycles. The molecule has 7 nitrogen and oxygen atoms in total. The van der Waals surface area contributed by atoms with E-state index in [1.54, 1.807) is 18.2 Å². The van der Waals surface area contributed by atoms with E-state index in [2.05, 4.69) is 13.2 Å². The lowest BCUT2D eigenvalue weighted by molar-refractivity contribution is -0.134. The van der Waals surface area contributed by atoms with Crippen molar-refractivity contribution in [2.24, 2.45) is 11.8 Å². The second kappa shape index (κ2) is 13.3. The second-order valence-electron chi connectivity index (χ2n) is 6.55. The van der Waals surface area contributed by atoms with Gasteiger partial charge in [-0.05, 0) is 55.4 Å². The molecule has 0 saturated heterocycles. The molecule has 2 fully saturated rings. The Morgan fingerprint density at radius 3 is 2.38 bits per heavy atom. The molecule has 0 heterocycles. The Morgan fingerprint density at radius 2 is 1.93 bits per heavy atom. The summed E-state index contributed by atoms with van der Waals surface area (Å²) in [6.45, 7) is 8.35. The van der Waals surface area contributed by atoms with Gasteiger partial charge in [-0.25, -0.2) is 4.39 Å². The summed E-state index contributed by atoms with van der Waals surface area (Å²) in [5.74, 6) is 1.90. The maximum Gasteiger partial charge on any atom is 0.294 e. The molecule has 1 aromatic carbocycles. The number of ether oxygens (including phenoxy) is 2. The predicted molar refractivity (Wildman–Crippen MR) is 105 cm³/mol. The van der Waals surface area contributed by atoms with Gasteiger partial charge < -0.3 is 24.6 Å². The first kappa shape index (κ1) is 24.2. The maximum atomic E-state index is 12.1. The molecule has 0 radical (unpaired) electrons. The van der Waals surface area contributed by atoms with E-state index in [9.17, 15) is 9.18 Å². The Morgan fingerprint density at radius 1 is 1.28 bits per heavy atom. The topological polar surface area (TPSA) is 96.3 Å². The Hall–Kier alpha value is -2.87. The molecule has 2 aliphatic carbocycles. The van der Waals surface area contributed by atoms with Crippen LogP contribution in [0.4, 0.5) is 4.39 Å². The van der Waals surface area contributed by atoms with Crippen LogP contribution in [0.3, 0.4) is 0 Å². The number of carbonyl (C=O) groups excluding carboxylic acids is 1. The van der Waals surface area contributed by atoms with Crippen molar-refractivity contribution in [1.29, 1.82) is 0 Å². The minimum Gasteiger partial charge on any atom is -0.483 e. The Kier molecular flexibility index (Phi) is 11.1. The van der Waals surface area contributed by atoms with Crippen molar-refractivity contribution in [2.45, 2.75) is 31.9 Å². The molecule has 3 atom stereocenters. The number of aliphatic hydroxyl groups excluding tert-OH is 1. The summed E-state index contributed by atoms with van der Waals surface area (Å²) in [4.78, 5) is 20.6. The number of hydrogen-bond acceptors (Lipinski definition) is 6. The summed E-state index contributed by atoms with van der Waals surface area (Å²) >= 11 is 0. The van der Waals surface area contributed by atoms with Crippen molar-refractivity contribution in [3.05, 3.63) is 60.8 Å². The van der Waals surface area contributed by atoms with Gasteiger partial charge in [-0.2, -0.15) is 0 Å². The van der Waals surface area contributed by atoms with Crippen LogP contribution in [-0.2, 0) is 25.7 Å². The smallest absolute Gasteiger partial charge is 0.294 e. The Bertz CT molecular complexity index is 651. The van der Waals surface area contributed by atoms with E-state index in [0.717, 1.165) is 23.8 Å². The highest BCUT2D eigenvalue weighted by Gasteiger charge is 2.50. The number of rotatable bonds is 9. The van der Waals surface area contributed by atoms with Crippen molar-refractivity contribution >= 4 is 12.9 Å². The summed E-state index contributed by atoms with van der Waals surface area (Å²) in [7, 11) is 0. The fourth-order valence-corrected chi connectivity index (χ4v) is 3.35. The van der Waals surface area contributed by atoms with E-state index in [4.69, 9.17) is 24.5 Å². The number of carbonyl (C=O) groups is 2. The summed E-state index contributed by atoms with van der Waals surface area (Å²) in [6, 6.07) is 6.17. The van der Waals surface area contributed by atoms with Crippen LogP contribution in [-0.4, -0.2) is 47.4 Å². The first-order valence-corrected chi connectivity index (χ1v) is 9.19. The molecule has 3 rings (SSSR count). The lowest BCUT2D eigenvalue weighted by Gasteiger charge is -2.31. The van der Waals surface area contributed by atoms with E-state index in [-0.39, 0.29) is 25.6 Å². The van der Waals surface area contributed by atoms with Gasteiger partial charge in [0.15, 0.2) is 12.6 Å². The number of fused-ring (bicyclic) bond motifs is 1. The predicted octanol–water partition coefficient (Wildman–Crippen LogP) is 2.91. The molecule has 2 saturated carbocycles. The average Bonchev–Trinajstić information content (AvgIpc) is 3.40. The van der Waals surface area contributed by atoms with Gasteiger partial charge in [0.05, 0.1) is 6.61 Å². The van der Waals surface area contributed by atoms with Crippen molar-refractivity contribution < 1.29 is 33.7 Å². The largest absolute Gasteiger partial charge is 0.483 e. The third kappa shape index (κ3) is 8.35. The fourth-order valence-electron chi connectivity index (χ4n) is 3.35. The molecule has 2 aliphatic rings. The minimum atomic E-state index is -0.271. The highest BCUT2D eigenvalue weighted by Crippen LogP contribution is 2.54. The SMILES string of the molecule is C=CCOC(=C)N(COC=O)C1CCC2CC21.O=CO.OCc1ccc(F)cc1. The standard InChI is InChI=1S/C13H19NO3.C7H7FO.CH2O2/c1-3-6-17-10(2)14(8-16-9-15)13-5-4-11-7-12(11)13;8-7-3-1-6(5-9)2-4-7;2-1-3/h3,9,11-13H,1-2,4-8H2;1-4,9H,5H2;1H,(H,2,3). The zero-order valence-corrected chi connectivity index (χ0v) is 16.3. The molecular weight excluding hydrogens is 381 g/mol. The van der Waals surface area contributed by atoms with Crippen LogP contribution < -0.4 is 0 Å². The maximum absolute atomic E-state index is 12.1. The zero-order valence-electron chi connectivity index (χ0n) is 16.3. The van der Waals surface area contributed by atoms with E-state index >= 15 is 0 Å². The summed E-state index contributed by atoms with van der Waals surface area (Å²) in [6.07, 6.45) is 5.37. The number of hydrogen-bond donors (Lipinski definition) is 2. The van der Waals surface area contributed by atoms with Gasteiger partial charge in [-0.1, -0.05) is 24.8 Å². The number of nitrogens with zero attached hydrogens (tertiary/aromatic N) is 1. The molecule has 1 aromatic rings. The zero-order chi connectivity index (χ0) is 21.6. The van der Waals surface area contributed by atoms with Crippen LogP contribution in [0, 0.1) is 17.7 Å². The lowest BCUT2D eigenvalue weighted by Crippen LogP contribution is -2.37.